The van der Waals surface area contributed by atoms with E-state index in [1.807, 2.05) is 0 Å². The van der Waals surface area contributed by atoms with E-state index >= 15 is 0 Å². The molecule has 0 rings (SSSR count). The van der Waals surface area contributed by atoms with E-state index in [0.717, 1.165) is 13.2 Å². The van der Waals surface area contributed by atoms with Gasteiger partial charge in [0.25, 0.3) is 0 Å². The van der Waals surface area contributed by atoms with Gasteiger partial charge in [-0.15, -0.1) is 0 Å². The van der Waals surface area contributed by atoms with Crippen LogP contribution in [-0.2, 0) is 9.53 Å². The first-order valence-electron chi connectivity index (χ1n) is 2.87. The van der Waals surface area contributed by atoms with Gasteiger partial charge in [-0.25, -0.2) is 4.79 Å². The summed E-state index contributed by atoms with van der Waals surface area (Å²) in [6.07, 6.45) is 0.987. The lowest BCUT2D eigenvalue weighted by molar-refractivity contribution is -0.132. The average Bonchev–Trinajstić information content (AvgIpc) is 2.00. The zero-order valence-corrected chi connectivity index (χ0v) is 7.11. The molecule has 0 atom stereocenters. The van der Waals surface area contributed by atoms with Gasteiger partial charge >= 0.3 is 5.97 Å². The number of carbonyl (C=O) groups is 1. The molecule has 0 aromatic carbocycles. The van der Waals surface area contributed by atoms with Crippen molar-refractivity contribution < 1.29 is 9.53 Å². The SMILES string of the molecule is COC(=O)C(=N)/C(Cl)=C\C(=N)N. The van der Waals surface area contributed by atoms with Gasteiger partial charge in [0.1, 0.15) is 5.84 Å². The summed E-state index contributed by atoms with van der Waals surface area (Å²) in [7, 11) is 1.13. The Morgan fingerprint density at radius 1 is 1.58 bits per heavy atom. The average molecular weight is 190 g/mol. The summed E-state index contributed by atoms with van der Waals surface area (Å²) >= 11 is 5.41. The van der Waals surface area contributed by atoms with Gasteiger partial charge in [-0.05, 0) is 0 Å². The molecule has 0 amide bonds. The number of hydrogen-bond acceptors (Lipinski definition) is 4. The minimum atomic E-state index is -0.863. The van der Waals surface area contributed by atoms with Crippen LogP contribution in [0.15, 0.2) is 11.1 Å². The number of halogens is 1. The number of nitrogens with two attached hydrogens (primary N) is 1. The fourth-order valence-corrected chi connectivity index (χ4v) is 0.603. The molecule has 0 aromatic rings. The van der Waals surface area contributed by atoms with Gasteiger partial charge in [-0.3, -0.25) is 10.8 Å². The van der Waals surface area contributed by atoms with Crippen LogP contribution in [0.4, 0.5) is 0 Å². The first-order chi connectivity index (χ1) is 5.49. The number of esters is 1. The van der Waals surface area contributed by atoms with Crippen LogP contribution in [0.25, 0.3) is 0 Å². The number of amidine groups is 1. The van der Waals surface area contributed by atoms with Crippen LogP contribution in [0.3, 0.4) is 0 Å². The summed E-state index contributed by atoms with van der Waals surface area (Å²) in [5.74, 6) is -1.19. The molecule has 0 bridgehead atoms. The van der Waals surface area contributed by atoms with Crippen molar-refractivity contribution in [2.75, 3.05) is 7.11 Å². The van der Waals surface area contributed by atoms with Crippen LogP contribution >= 0.6 is 11.6 Å². The molecule has 0 spiro atoms. The molecular formula is C6H8ClN3O2. The highest BCUT2D eigenvalue weighted by Gasteiger charge is 2.12. The first-order valence-corrected chi connectivity index (χ1v) is 3.25. The van der Waals surface area contributed by atoms with Crippen LogP contribution in [0.2, 0.25) is 0 Å². The fourth-order valence-electron chi connectivity index (χ4n) is 0.408. The second-order valence-electron chi connectivity index (χ2n) is 1.81. The van der Waals surface area contributed by atoms with Gasteiger partial charge < -0.3 is 10.5 Å². The second kappa shape index (κ2) is 4.50. The highest BCUT2D eigenvalue weighted by Crippen LogP contribution is 2.03. The molecular weight excluding hydrogens is 182 g/mol. The van der Waals surface area contributed by atoms with Crippen LogP contribution in [-0.4, -0.2) is 24.6 Å². The molecule has 12 heavy (non-hydrogen) atoms. The topological polar surface area (TPSA) is 100 Å². The van der Waals surface area contributed by atoms with Crippen molar-refractivity contribution in [3.63, 3.8) is 0 Å². The van der Waals surface area contributed by atoms with Crippen molar-refractivity contribution in [1.82, 2.24) is 0 Å². The number of rotatable bonds is 3. The molecule has 0 radical (unpaired) electrons. The third-order valence-corrected chi connectivity index (χ3v) is 1.21. The summed E-state index contributed by atoms with van der Waals surface area (Å²) in [5, 5.41) is 13.6. The van der Waals surface area contributed by atoms with Crippen LogP contribution in [0.5, 0.6) is 0 Å². The summed E-state index contributed by atoms with van der Waals surface area (Å²) in [6.45, 7) is 0. The monoisotopic (exact) mass is 189 g/mol. The van der Waals surface area contributed by atoms with Gasteiger partial charge in [0.05, 0.1) is 12.1 Å². The predicted molar refractivity (Wildman–Crippen MR) is 45.6 cm³/mol. The zero-order chi connectivity index (χ0) is 9.72. The Kier molecular flexibility index (Phi) is 3.99. The molecule has 66 valence electrons. The molecule has 0 heterocycles. The molecule has 0 unspecified atom stereocenters. The maximum Gasteiger partial charge on any atom is 0.357 e. The molecule has 0 aromatic heterocycles. The second-order valence-corrected chi connectivity index (χ2v) is 2.22. The Morgan fingerprint density at radius 2 is 2.08 bits per heavy atom. The Bertz CT molecular complexity index is 260. The van der Waals surface area contributed by atoms with Crippen LogP contribution in [0.1, 0.15) is 0 Å². The highest BCUT2D eigenvalue weighted by molar-refractivity contribution is 6.58. The number of hydrogen-bond donors (Lipinski definition) is 3. The van der Waals surface area contributed by atoms with E-state index in [9.17, 15) is 4.79 Å². The quantitative estimate of drug-likeness (QED) is 0.337. The summed E-state index contributed by atoms with van der Waals surface area (Å²) in [5.41, 5.74) is 4.43. The molecule has 4 N–H and O–H groups in total. The van der Waals surface area contributed by atoms with Crippen molar-refractivity contribution >= 4 is 29.1 Å². The standard InChI is InChI=1S/C6H8ClN3O2/c1-12-6(11)5(10)3(7)2-4(8)9/h2,10H,1H3,(H3,8,9)/b3-2+,10-5?. The molecule has 0 aliphatic heterocycles. The van der Waals surface area contributed by atoms with Crippen LogP contribution < -0.4 is 5.73 Å². The Labute approximate surface area is 74.2 Å². The number of carbonyl (C=O) groups excluding carboxylic acids is 1. The zero-order valence-electron chi connectivity index (χ0n) is 6.35. The largest absolute Gasteiger partial charge is 0.464 e. The van der Waals surface area contributed by atoms with Gasteiger partial charge in [0, 0.05) is 6.08 Å². The van der Waals surface area contributed by atoms with Crippen molar-refractivity contribution in [3.05, 3.63) is 11.1 Å². The number of ether oxygens (including phenoxy) is 1. The Balaban J connectivity index is 4.50. The molecule has 0 saturated heterocycles. The summed E-state index contributed by atoms with van der Waals surface area (Å²) in [6, 6.07) is 0. The fraction of sp³-hybridized carbons (Fsp3) is 0.167. The molecule has 5 nitrogen and oxygen atoms in total. The van der Waals surface area contributed by atoms with Gasteiger partial charge in [0.2, 0.25) is 0 Å². The number of methoxy groups -OCH3 is 1. The molecule has 0 aliphatic rings. The number of nitrogens with one attached hydrogen (secondary N) is 2. The van der Waals surface area contributed by atoms with Crippen LogP contribution in [0, 0.1) is 10.8 Å². The van der Waals surface area contributed by atoms with Crippen molar-refractivity contribution in [2.45, 2.75) is 0 Å². The van der Waals surface area contributed by atoms with E-state index in [-0.39, 0.29) is 10.9 Å². The normalized spacial score (nSPS) is 10.7. The van der Waals surface area contributed by atoms with Gasteiger partial charge in [-0.2, -0.15) is 0 Å². The smallest absolute Gasteiger partial charge is 0.357 e. The third kappa shape index (κ3) is 3.16. The van der Waals surface area contributed by atoms with E-state index in [1.54, 1.807) is 0 Å². The summed E-state index contributed by atoms with van der Waals surface area (Å²) in [4.78, 5) is 10.7. The minimum absolute atomic E-state index is 0.214. The third-order valence-electron chi connectivity index (χ3n) is 0.911. The van der Waals surface area contributed by atoms with Gasteiger partial charge in [0.15, 0.2) is 5.71 Å². The Morgan fingerprint density at radius 3 is 2.42 bits per heavy atom. The van der Waals surface area contributed by atoms with Crippen molar-refractivity contribution in [1.29, 1.82) is 10.8 Å². The maximum absolute atomic E-state index is 10.7. The lowest BCUT2D eigenvalue weighted by Gasteiger charge is -1.98. The van der Waals surface area contributed by atoms with E-state index in [4.69, 9.17) is 28.2 Å². The van der Waals surface area contributed by atoms with E-state index in [0.29, 0.717) is 0 Å². The molecule has 6 heteroatoms. The summed E-state index contributed by atoms with van der Waals surface area (Å²) < 4.78 is 4.21. The molecule has 0 aliphatic carbocycles. The highest BCUT2D eigenvalue weighted by atomic mass is 35.5. The van der Waals surface area contributed by atoms with E-state index in [2.05, 4.69) is 4.74 Å². The predicted octanol–water partition coefficient (Wildman–Crippen LogP) is 0.238. The Hall–Kier alpha value is -1.36. The molecule has 0 saturated carbocycles. The lowest BCUT2D eigenvalue weighted by atomic mass is 10.3. The first kappa shape index (κ1) is 10.6. The van der Waals surface area contributed by atoms with E-state index in [1.165, 1.54) is 0 Å². The minimum Gasteiger partial charge on any atom is -0.464 e. The van der Waals surface area contributed by atoms with Gasteiger partial charge in [-0.1, -0.05) is 11.6 Å². The van der Waals surface area contributed by atoms with Crippen molar-refractivity contribution in [2.24, 2.45) is 5.73 Å². The lowest BCUT2D eigenvalue weighted by Crippen LogP contribution is -2.16. The maximum atomic E-state index is 10.7. The van der Waals surface area contributed by atoms with E-state index < -0.39 is 11.7 Å². The van der Waals surface area contributed by atoms with Crippen molar-refractivity contribution in [3.8, 4) is 0 Å². The molecule has 0 fully saturated rings.